The average molecular weight is 378 g/mol. The first-order valence-electron chi connectivity index (χ1n) is 8.58. The van der Waals surface area contributed by atoms with E-state index in [0.29, 0.717) is 5.56 Å². The standard InChI is InChI=1S/C18H22N2O5S/c1-12-17(13(2)25-19-12)26(22,23)20-18(21)16(14-8-4-3-5-9-14)24-15-10-6-7-11-15/h3-5,8-9,15-16H,6-7,10-11H2,1-2H3,(H,20,21). The number of carbonyl (C=O) groups excluding carboxylic acids is 1. The van der Waals surface area contributed by atoms with Crippen LogP contribution in [0.2, 0.25) is 0 Å². The lowest BCUT2D eigenvalue weighted by atomic mass is 10.1. The van der Waals surface area contributed by atoms with Crippen LogP contribution in [0.25, 0.3) is 0 Å². The molecule has 1 heterocycles. The molecule has 0 spiro atoms. The number of hydrogen-bond donors (Lipinski definition) is 1. The van der Waals surface area contributed by atoms with Crippen LogP contribution >= 0.6 is 0 Å². The lowest BCUT2D eigenvalue weighted by molar-refractivity contribution is -0.135. The number of ether oxygens (including phenoxy) is 1. The van der Waals surface area contributed by atoms with E-state index in [9.17, 15) is 13.2 Å². The topological polar surface area (TPSA) is 98.5 Å². The van der Waals surface area contributed by atoms with Crippen LogP contribution in [0.4, 0.5) is 0 Å². The van der Waals surface area contributed by atoms with Gasteiger partial charge in [0.2, 0.25) is 0 Å². The molecule has 140 valence electrons. The van der Waals surface area contributed by atoms with Crippen molar-refractivity contribution in [2.24, 2.45) is 0 Å². The van der Waals surface area contributed by atoms with Gasteiger partial charge in [-0.3, -0.25) is 4.79 Å². The molecule has 0 bridgehead atoms. The molecule has 2 aromatic rings. The lowest BCUT2D eigenvalue weighted by Gasteiger charge is -2.21. The predicted octanol–water partition coefficient (Wildman–Crippen LogP) is 2.80. The Morgan fingerprint density at radius 2 is 1.88 bits per heavy atom. The number of rotatable bonds is 6. The van der Waals surface area contributed by atoms with Crippen LogP contribution < -0.4 is 4.72 Å². The molecule has 1 fully saturated rings. The van der Waals surface area contributed by atoms with Crippen molar-refractivity contribution in [3.63, 3.8) is 0 Å². The smallest absolute Gasteiger partial charge is 0.269 e. The van der Waals surface area contributed by atoms with Gasteiger partial charge < -0.3 is 9.26 Å². The number of aryl methyl sites for hydroxylation is 2. The molecule has 1 saturated carbocycles. The number of nitrogens with zero attached hydrogens (tertiary/aromatic N) is 1. The Bertz CT molecular complexity index is 851. The first kappa shape index (κ1) is 18.6. The molecule has 1 aliphatic carbocycles. The van der Waals surface area contributed by atoms with Gasteiger partial charge in [-0.25, -0.2) is 13.1 Å². The summed E-state index contributed by atoms with van der Waals surface area (Å²) < 4.78 is 38.3. The SMILES string of the molecule is Cc1noc(C)c1S(=O)(=O)NC(=O)C(OC1CCCC1)c1ccccc1. The molecular formula is C18H22N2O5S. The van der Waals surface area contributed by atoms with Crippen molar-refractivity contribution in [3.05, 3.63) is 47.3 Å². The number of benzene rings is 1. The van der Waals surface area contributed by atoms with Crippen LogP contribution in [0.5, 0.6) is 0 Å². The van der Waals surface area contributed by atoms with Gasteiger partial charge in [0.15, 0.2) is 16.8 Å². The molecule has 8 heteroatoms. The van der Waals surface area contributed by atoms with Gasteiger partial charge in [-0.1, -0.05) is 48.3 Å². The van der Waals surface area contributed by atoms with E-state index in [2.05, 4.69) is 9.88 Å². The molecular weight excluding hydrogens is 356 g/mol. The van der Waals surface area contributed by atoms with Gasteiger partial charge in [-0.2, -0.15) is 0 Å². The summed E-state index contributed by atoms with van der Waals surface area (Å²) in [5.41, 5.74) is 0.821. The van der Waals surface area contributed by atoms with Gasteiger partial charge in [-0.15, -0.1) is 0 Å². The largest absolute Gasteiger partial charge is 0.360 e. The van der Waals surface area contributed by atoms with E-state index in [-0.39, 0.29) is 22.5 Å². The molecule has 1 atom stereocenters. The Morgan fingerprint density at radius 3 is 2.46 bits per heavy atom. The molecule has 1 unspecified atom stereocenters. The highest BCUT2D eigenvalue weighted by Gasteiger charge is 2.32. The summed E-state index contributed by atoms with van der Waals surface area (Å²) >= 11 is 0. The molecule has 0 aliphatic heterocycles. The van der Waals surface area contributed by atoms with Gasteiger partial charge in [0.25, 0.3) is 15.9 Å². The minimum absolute atomic E-state index is 0.0484. The Morgan fingerprint density at radius 1 is 1.23 bits per heavy atom. The molecule has 0 radical (unpaired) electrons. The van der Waals surface area contributed by atoms with Crippen LogP contribution in [-0.2, 0) is 19.6 Å². The maximum atomic E-state index is 12.8. The summed E-state index contributed by atoms with van der Waals surface area (Å²) in [4.78, 5) is 12.7. The van der Waals surface area contributed by atoms with Gasteiger partial charge in [-0.05, 0) is 32.3 Å². The molecule has 7 nitrogen and oxygen atoms in total. The van der Waals surface area contributed by atoms with Crippen LogP contribution in [0.15, 0.2) is 39.8 Å². The maximum absolute atomic E-state index is 12.8. The van der Waals surface area contributed by atoms with E-state index in [0.717, 1.165) is 25.7 Å². The van der Waals surface area contributed by atoms with Crippen LogP contribution in [0.1, 0.15) is 48.8 Å². The zero-order valence-corrected chi connectivity index (χ0v) is 15.6. The highest BCUT2D eigenvalue weighted by molar-refractivity contribution is 7.90. The second-order valence-electron chi connectivity index (χ2n) is 6.46. The minimum atomic E-state index is -4.10. The van der Waals surface area contributed by atoms with Gasteiger partial charge in [0.1, 0.15) is 5.69 Å². The Hall–Kier alpha value is -2.19. The third-order valence-corrected chi connectivity index (χ3v) is 6.03. The third kappa shape index (κ3) is 3.96. The molecule has 26 heavy (non-hydrogen) atoms. The number of hydrogen-bond acceptors (Lipinski definition) is 6. The molecule has 1 aromatic heterocycles. The minimum Gasteiger partial charge on any atom is -0.360 e. The van der Waals surface area contributed by atoms with Crippen molar-refractivity contribution in [2.75, 3.05) is 0 Å². The Balaban J connectivity index is 1.85. The zero-order chi connectivity index (χ0) is 18.7. The lowest BCUT2D eigenvalue weighted by Crippen LogP contribution is -2.37. The quantitative estimate of drug-likeness (QED) is 0.830. The molecule has 1 amide bonds. The average Bonchev–Trinajstić information content (AvgIpc) is 3.22. The highest BCUT2D eigenvalue weighted by atomic mass is 32.2. The summed E-state index contributed by atoms with van der Waals surface area (Å²) in [5, 5.41) is 3.64. The monoisotopic (exact) mass is 378 g/mol. The third-order valence-electron chi connectivity index (χ3n) is 4.44. The second kappa shape index (κ2) is 7.59. The summed E-state index contributed by atoms with van der Waals surface area (Å²) in [6.07, 6.45) is 2.79. The normalized spacial score (nSPS) is 16.5. The Kier molecular flexibility index (Phi) is 5.43. The fourth-order valence-electron chi connectivity index (χ4n) is 3.23. The van der Waals surface area contributed by atoms with E-state index in [1.54, 1.807) is 24.3 Å². The van der Waals surface area contributed by atoms with E-state index in [4.69, 9.17) is 9.26 Å². The first-order valence-corrected chi connectivity index (χ1v) is 10.1. The molecule has 1 aliphatic rings. The predicted molar refractivity (Wildman–Crippen MR) is 93.8 cm³/mol. The van der Waals surface area contributed by atoms with Crippen molar-refractivity contribution in [3.8, 4) is 0 Å². The summed E-state index contributed by atoms with van der Waals surface area (Å²) in [6.45, 7) is 3.00. The summed E-state index contributed by atoms with van der Waals surface area (Å²) in [7, 11) is -4.10. The van der Waals surface area contributed by atoms with Gasteiger partial charge in [0, 0.05) is 0 Å². The van der Waals surface area contributed by atoms with E-state index >= 15 is 0 Å². The van der Waals surface area contributed by atoms with Gasteiger partial charge >= 0.3 is 0 Å². The summed E-state index contributed by atoms with van der Waals surface area (Å²) in [6, 6.07) is 8.91. The number of carbonyl (C=O) groups is 1. The van der Waals surface area contributed by atoms with Crippen LogP contribution in [-0.4, -0.2) is 25.6 Å². The van der Waals surface area contributed by atoms with E-state index in [1.807, 2.05) is 6.07 Å². The number of aromatic nitrogens is 1. The van der Waals surface area contributed by atoms with Crippen molar-refractivity contribution < 1.29 is 22.5 Å². The van der Waals surface area contributed by atoms with Crippen LogP contribution in [0, 0.1) is 13.8 Å². The van der Waals surface area contributed by atoms with Crippen LogP contribution in [0.3, 0.4) is 0 Å². The highest BCUT2D eigenvalue weighted by Crippen LogP contribution is 2.29. The molecule has 1 aromatic carbocycles. The van der Waals surface area contributed by atoms with Crippen molar-refractivity contribution in [1.29, 1.82) is 0 Å². The molecule has 3 rings (SSSR count). The molecule has 1 N–H and O–H groups in total. The maximum Gasteiger partial charge on any atom is 0.269 e. The van der Waals surface area contributed by atoms with E-state index < -0.39 is 22.0 Å². The van der Waals surface area contributed by atoms with Gasteiger partial charge in [0.05, 0.1) is 6.10 Å². The number of nitrogens with one attached hydrogen (secondary N) is 1. The number of sulfonamides is 1. The Labute approximate surface area is 152 Å². The fourth-order valence-corrected chi connectivity index (χ4v) is 4.55. The summed E-state index contributed by atoms with van der Waals surface area (Å²) in [5.74, 6) is -0.584. The van der Waals surface area contributed by atoms with Crippen molar-refractivity contribution in [1.82, 2.24) is 9.88 Å². The number of amides is 1. The fraction of sp³-hybridized carbons (Fsp3) is 0.444. The van der Waals surface area contributed by atoms with Crippen molar-refractivity contribution in [2.45, 2.75) is 56.6 Å². The molecule has 0 saturated heterocycles. The van der Waals surface area contributed by atoms with Crippen molar-refractivity contribution >= 4 is 15.9 Å². The second-order valence-corrected chi connectivity index (χ2v) is 8.08. The first-order chi connectivity index (χ1) is 12.4. The zero-order valence-electron chi connectivity index (χ0n) is 14.8. The van der Waals surface area contributed by atoms with E-state index in [1.165, 1.54) is 13.8 Å².